The zero-order valence-corrected chi connectivity index (χ0v) is 24.9. The van der Waals surface area contributed by atoms with Crippen molar-refractivity contribution >= 4 is 22.7 Å². The van der Waals surface area contributed by atoms with E-state index in [1.54, 1.807) is 7.11 Å². The van der Waals surface area contributed by atoms with Gasteiger partial charge in [0, 0.05) is 42.3 Å². The molecule has 0 radical (unpaired) electrons. The number of ether oxygens (including phenoxy) is 2. The molecular formula is C34H40N4O4. The molecule has 0 bridgehead atoms. The van der Waals surface area contributed by atoms with Crippen LogP contribution in [0.25, 0.3) is 22.3 Å². The highest BCUT2D eigenvalue weighted by atomic mass is 16.5. The second-order valence-corrected chi connectivity index (χ2v) is 12.1. The second-order valence-electron chi connectivity index (χ2n) is 12.1. The van der Waals surface area contributed by atoms with Crippen LogP contribution in [0.15, 0.2) is 48.6 Å². The number of carbonyl (C=O) groups is 2. The minimum atomic E-state index is -0.425. The molecule has 0 spiro atoms. The lowest BCUT2D eigenvalue weighted by Crippen LogP contribution is -2.41. The summed E-state index contributed by atoms with van der Waals surface area (Å²) in [6, 6.07) is 11.9. The molecule has 8 heteroatoms. The van der Waals surface area contributed by atoms with Gasteiger partial charge < -0.3 is 19.7 Å². The second kappa shape index (κ2) is 11.7. The summed E-state index contributed by atoms with van der Waals surface area (Å²) < 4.78 is 12.3. The molecule has 2 fully saturated rings. The number of benzene rings is 1. The van der Waals surface area contributed by atoms with Crippen molar-refractivity contribution < 1.29 is 19.1 Å². The summed E-state index contributed by atoms with van der Waals surface area (Å²) >= 11 is 0. The van der Waals surface area contributed by atoms with E-state index in [1.165, 1.54) is 0 Å². The number of rotatable bonds is 4. The van der Waals surface area contributed by atoms with Crippen LogP contribution in [0, 0.1) is 31.6 Å². The van der Waals surface area contributed by atoms with Crippen molar-refractivity contribution in [1.29, 1.82) is 0 Å². The molecule has 3 aliphatic rings. The maximum absolute atomic E-state index is 13.7. The highest BCUT2D eigenvalue weighted by molar-refractivity contribution is 5.92. The number of pyridine rings is 2. The molecule has 2 aromatic heterocycles. The van der Waals surface area contributed by atoms with E-state index in [9.17, 15) is 9.59 Å². The van der Waals surface area contributed by atoms with Gasteiger partial charge in [0.25, 0.3) is 0 Å². The van der Waals surface area contributed by atoms with E-state index in [0.29, 0.717) is 36.7 Å². The molecule has 42 heavy (non-hydrogen) atoms. The number of aryl methyl sites for hydroxylation is 2. The highest BCUT2D eigenvalue weighted by Crippen LogP contribution is 2.41. The molecule has 3 aromatic rings. The predicted octanol–water partition coefficient (Wildman–Crippen LogP) is 5.40. The first-order valence-corrected chi connectivity index (χ1v) is 15.1. The van der Waals surface area contributed by atoms with Crippen LogP contribution in [0.2, 0.25) is 0 Å². The molecule has 3 heterocycles. The van der Waals surface area contributed by atoms with Crippen LogP contribution in [0.5, 0.6) is 11.5 Å². The average Bonchev–Trinajstić information content (AvgIpc) is 3.58. The van der Waals surface area contributed by atoms with E-state index in [-0.39, 0.29) is 24.0 Å². The van der Waals surface area contributed by atoms with Crippen molar-refractivity contribution in [1.82, 2.24) is 20.2 Å². The van der Waals surface area contributed by atoms with Gasteiger partial charge in [-0.3, -0.25) is 14.6 Å². The van der Waals surface area contributed by atoms with Crippen LogP contribution < -0.4 is 14.8 Å². The molecule has 220 valence electrons. The van der Waals surface area contributed by atoms with E-state index >= 15 is 0 Å². The zero-order chi connectivity index (χ0) is 29.4. The van der Waals surface area contributed by atoms with E-state index in [0.717, 1.165) is 59.3 Å². The third-order valence-electron chi connectivity index (χ3n) is 9.03. The Morgan fingerprint density at radius 3 is 2.60 bits per heavy atom. The summed E-state index contributed by atoms with van der Waals surface area (Å²) in [6.45, 7) is 4.64. The molecule has 8 nitrogen and oxygen atoms in total. The first-order chi connectivity index (χ1) is 20.3. The Bertz CT molecular complexity index is 1540. The molecule has 2 amide bonds. The zero-order valence-electron chi connectivity index (χ0n) is 24.9. The third-order valence-corrected chi connectivity index (χ3v) is 9.03. The van der Waals surface area contributed by atoms with Crippen molar-refractivity contribution in [3.05, 3.63) is 59.8 Å². The van der Waals surface area contributed by atoms with Crippen LogP contribution in [-0.2, 0) is 9.59 Å². The van der Waals surface area contributed by atoms with Gasteiger partial charge in [0.15, 0.2) is 0 Å². The quantitative estimate of drug-likeness (QED) is 0.424. The molecule has 2 aliphatic carbocycles. The normalized spacial score (nSPS) is 27.0. The largest absolute Gasteiger partial charge is 0.496 e. The molecule has 1 aliphatic heterocycles. The fourth-order valence-corrected chi connectivity index (χ4v) is 6.50. The Morgan fingerprint density at radius 1 is 0.952 bits per heavy atom. The lowest BCUT2D eigenvalue weighted by Gasteiger charge is -2.24. The molecule has 0 unspecified atom stereocenters. The number of aromatic nitrogens is 2. The smallest absolute Gasteiger partial charge is 0.226 e. The van der Waals surface area contributed by atoms with Crippen molar-refractivity contribution in [2.24, 2.45) is 17.8 Å². The van der Waals surface area contributed by atoms with Crippen molar-refractivity contribution in [2.75, 3.05) is 20.7 Å². The van der Waals surface area contributed by atoms with Gasteiger partial charge in [0.05, 0.1) is 35.9 Å². The Kier molecular flexibility index (Phi) is 7.88. The third kappa shape index (κ3) is 5.72. The van der Waals surface area contributed by atoms with E-state index < -0.39 is 11.8 Å². The number of carbonyl (C=O) groups excluding carboxylic acids is 2. The van der Waals surface area contributed by atoms with E-state index in [1.807, 2.05) is 62.2 Å². The summed E-state index contributed by atoms with van der Waals surface area (Å²) in [6.07, 6.45) is 9.13. The Morgan fingerprint density at radius 2 is 1.79 bits per heavy atom. The fraction of sp³-hybridized carbons (Fsp3) is 0.471. The molecule has 5 atom stereocenters. The van der Waals surface area contributed by atoms with Gasteiger partial charge in [0.2, 0.25) is 11.8 Å². The number of hydrogen-bond donors (Lipinski definition) is 1. The number of fused-ring (bicyclic) bond motifs is 3. The first kappa shape index (κ1) is 28.2. The minimum absolute atomic E-state index is 0.0318. The summed E-state index contributed by atoms with van der Waals surface area (Å²) in [4.78, 5) is 38.7. The highest BCUT2D eigenvalue weighted by Gasteiger charge is 2.47. The van der Waals surface area contributed by atoms with Gasteiger partial charge in [-0.05, 0) is 82.6 Å². The van der Waals surface area contributed by atoms with Crippen LogP contribution in [0.1, 0.15) is 49.8 Å². The van der Waals surface area contributed by atoms with Gasteiger partial charge in [-0.1, -0.05) is 18.2 Å². The number of allylic oxidation sites excluding steroid dienone is 1. The summed E-state index contributed by atoms with van der Waals surface area (Å²) in [5.41, 5.74) is 4.06. The lowest BCUT2D eigenvalue weighted by molar-refractivity contribution is -0.139. The topological polar surface area (TPSA) is 93.7 Å². The first-order valence-electron chi connectivity index (χ1n) is 15.1. The number of amides is 2. The Labute approximate surface area is 247 Å². The standard InChI is InChI=1S/C34H40N4O4/c1-20-10-9-12-27(35-20)29-19-31(24-13-14-30(41-4)21(2)32(24)36-29)42-23-17-25-26(18-23)34(40)38(3)15-8-6-5-7-11-22-16-28(22)37-33(25)39/h7,9-14,19,22-23,25-26,28H,5-6,8,15-18H2,1-4H3,(H,37,39)/b11-7-/t22-,23-,25-,26-,28-/m1/s1. The number of methoxy groups -OCH3 is 1. The molecule has 2 saturated carbocycles. The maximum atomic E-state index is 13.7. The number of nitrogens with zero attached hydrogens (tertiary/aromatic N) is 3. The van der Waals surface area contributed by atoms with E-state index in [2.05, 4.69) is 17.5 Å². The van der Waals surface area contributed by atoms with E-state index in [4.69, 9.17) is 19.4 Å². The molecule has 0 saturated heterocycles. The van der Waals surface area contributed by atoms with Gasteiger partial charge in [-0.2, -0.15) is 0 Å². The SMILES string of the molecule is COc1ccc2c(O[C@@H]3C[C@H]4C(=O)N[C@@H]5C[C@H]5/C=C\CCCCN(C)C(=O)[C@@H]4C3)cc(-c3cccc(C)n3)nc2c1C. The molecular weight excluding hydrogens is 528 g/mol. The van der Waals surface area contributed by atoms with Crippen LogP contribution in [-0.4, -0.2) is 59.5 Å². The van der Waals surface area contributed by atoms with Gasteiger partial charge in [-0.15, -0.1) is 0 Å². The molecule has 1 aromatic carbocycles. The Hall–Kier alpha value is -3.94. The Balaban J connectivity index is 1.33. The van der Waals surface area contributed by atoms with Gasteiger partial charge >= 0.3 is 0 Å². The van der Waals surface area contributed by atoms with Crippen LogP contribution in [0.3, 0.4) is 0 Å². The summed E-state index contributed by atoms with van der Waals surface area (Å²) in [5, 5.41) is 4.10. The summed E-state index contributed by atoms with van der Waals surface area (Å²) in [7, 11) is 3.51. The lowest BCUT2D eigenvalue weighted by atomic mass is 9.93. The van der Waals surface area contributed by atoms with Crippen molar-refractivity contribution in [2.45, 2.75) is 64.5 Å². The number of nitrogens with one attached hydrogen (secondary N) is 1. The predicted molar refractivity (Wildman–Crippen MR) is 162 cm³/mol. The minimum Gasteiger partial charge on any atom is -0.496 e. The van der Waals surface area contributed by atoms with Crippen LogP contribution >= 0.6 is 0 Å². The van der Waals surface area contributed by atoms with Crippen LogP contribution in [0.4, 0.5) is 0 Å². The fourth-order valence-electron chi connectivity index (χ4n) is 6.50. The van der Waals surface area contributed by atoms with Crippen molar-refractivity contribution in [3.63, 3.8) is 0 Å². The van der Waals surface area contributed by atoms with Gasteiger partial charge in [0.1, 0.15) is 17.6 Å². The maximum Gasteiger partial charge on any atom is 0.226 e. The number of hydrogen-bond acceptors (Lipinski definition) is 6. The monoisotopic (exact) mass is 568 g/mol. The summed E-state index contributed by atoms with van der Waals surface area (Å²) in [5.74, 6) is 0.988. The molecule has 6 rings (SSSR count). The average molecular weight is 569 g/mol. The molecule has 1 N–H and O–H groups in total. The van der Waals surface area contributed by atoms with Gasteiger partial charge in [-0.25, -0.2) is 4.98 Å². The van der Waals surface area contributed by atoms with Crippen molar-refractivity contribution in [3.8, 4) is 22.9 Å².